The van der Waals surface area contributed by atoms with Crippen LogP contribution in [0.5, 0.6) is 0 Å². The first kappa shape index (κ1) is 11.3. The van der Waals surface area contributed by atoms with E-state index in [-0.39, 0.29) is 0 Å². The van der Waals surface area contributed by atoms with Crippen LogP contribution in [0.2, 0.25) is 4.47 Å². The van der Waals surface area contributed by atoms with Gasteiger partial charge in [0, 0.05) is 24.5 Å². The maximum Gasteiger partial charge on any atom is 0.183 e. The summed E-state index contributed by atoms with van der Waals surface area (Å²) in [5.41, 5.74) is 1.06. The lowest BCUT2D eigenvalue weighted by atomic mass is 10.2. The highest BCUT2D eigenvalue weighted by Gasteiger charge is 2.23. The molecule has 0 aliphatic carbocycles. The van der Waals surface area contributed by atoms with Crippen molar-refractivity contribution in [3.8, 4) is 0 Å². The summed E-state index contributed by atoms with van der Waals surface area (Å²) in [5, 5.41) is 2.02. The Morgan fingerprint density at radius 3 is 3.13 bits per heavy atom. The Kier molecular flexibility index (Phi) is 3.61. The number of aromatic nitrogens is 1. The molecule has 5 heteroatoms. The Labute approximate surface area is 99.0 Å². The summed E-state index contributed by atoms with van der Waals surface area (Å²) in [6.07, 6.45) is 0.315. The van der Waals surface area contributed by atoms with Gasteiger partial charge in [-0.15, -0.1) is 11.3 Å². The number of hydrogen-bond acceptors (Lipinski definition) is 4. The Balaban J connectivity index is 1.98. The molecule has 1 aromatic rings. The number of morpholine rings is 1. The van der Waals surface area contributed by atoms with Crippen LogP contribution in [0.1, 0.15) is 19.5 Å². The van der Waals surface area contributed by atoms with Crippen LogP contribution < -0.4 is 0 Å². The van der Waals surface area contributed by atoms with Gasteiger partial charge >= 0.3 is 0 Å². The summed E-state index contributed by atoms with van der Waals surface area (Å²) < 4.78 is 6.20. The number of ether oxygens (including phenoxy) is 1. The van der Waals surface area contributed by atoms with Gasteiger partial charge in [-0.1, -0.05) is 11.6 Å². The van der Waals surface area contributed by atoms with E-state index < -0.39 is 0 Å². The van der Waals surface area contributed by atoms with E-state index in [2.05, 4.69) is 23.7 Å². The van der Waals surface area contributed by atoms with Crippen molar-refractivity contribution in [3.63, 3.8) is 0 Å². The summed E-state index contributed by atoms with van der Waals surface area (Å²) in [6.45, 7) is 6.93. The van der Waals surface area contributed by atoms with Gasteiger partial charge in [-0.05, 0) is 13.8 Å². The highest BCUT2D eigenvalue weighted by atomic mass is 35.5. The SMILES string of the molecule is CC1CN(Cc2csc(Cl)n2)C(C)CO1. The first-order valence-electron chi connectivity index (χ1n) is 5.10. The molecule has 1 fully saturated rings. The van der Waals surface area contributed by atoms with Crippen LogP contribution in [0.4, 0.5) is 0 Å². The van der Waals surface area contributed by atoms with Gasteiger partial charge in [0.15, 0.2) is 4.47 Å². The van der Waals surface area contributed by atoms with Gasteiger partial charge < -0.3 is 4.74 Å². The standard InChI is InChI=1S/C10H15ClN2OS/c1-7-5-14-8(2)3-13(7)4-9-6-15-10(11)12-9/h6-8H,3-5H2,1-2H3. The molecule has 1 aliphatic heterocycles. The highest BCUT2D eigenvalue weighted by molar-refractivity contribution is 7.13. The van der Waals surface area contributed by atoms with Crippen molar-refractivity contribution in [1.29, 1.82) is 0 Å². The number of thiazole rings is 1. The largest absolute Gasteiger partial charge is 0.376 e. The average Bonchev–Trinajstić information content (AvgIpc) is 2.58. The van der Waals surface area contributed by atoms with Crippen LogP contribution in [-0.2, 0) is 11.3 Å². The van der Waals surface area contributed by atoms with Crippen molar-refractivity contribution in [2.75, 3.05) is 13.2 Å². The third kappa shape index (κ3) is 2.91. The third-order valence-corrected chi connectivity index (χ3v) is 3.65. The van der Waals surface area contributed by atoms with Gasteiger partial charge in [0.25, 0.3) is 0 Å². The van der Waals surface area contributed by atoms with Crippen LogP contribution in [0, 0.1) is 0 Å². The van der Waals surface area contributed by atoms with E-state index in [1.165, 1.54) is 11.3 Å². The lowest BCUT2D eigenvalue weighted by Gasteiger charge is -2.36. The molecule has 0 N–H and O–H groups in total. The quantitative estimate of drug-likeness (QED) is 0.801. The van der Waals surface area contributed by atoms with Crippen molar-refractivity contribution >= 4 is 22.9 Å². The molecule has 1 saturated heterocycles. The second kappa shape index (κ2) is 4.78. The Morgan fingerprint density at radius 1 is 1.67 bits per heavy atom. The highest BCUT2D eigenvalue weighted by Crippen LogP contribution is 2.19. The van der Waals surface area contributed by atoms with E-state index in [1.54, 1.807) is 0 Å². The fraction of sp³-hybridized carbons (Fsp3) is 0.700. The van der Waals surface area contributed by atoms with Crippen LogP contribution >= 0.6 is 22.9 Å². The second-order valence-electron chi connectivity index (χ2n) is 4.01. The molecule has 0 spiro atoms. The first-order valence-corrected chi connectivity index (χ1v) is 6.36. The zero-order valence-corrected chi connectivity index (χ0v) is 10.5. The maximum absolute atomic E-state index is 5.81. The topological polar surface area (TPSA) is 25.4 Å². The molecule has 0 radical (unpaired) electrons. The zero-order valence-electron chi connectivity index (χ0n) is 8.94. The molecule has 1 aliphatic rings. The molecule has 2 heterocycles. The van der Waals surface area contributed by atoms with Crippen LogP contribution in [0.3, 0.4) is 0 Å². The van der Waals surface area contributed by atoms with Gasteiger partial charge in [-0.3, -0.25) is 4.90 Å². The second-order valence-corrected chi connectivity index (χ2v) is 5.45. The molecule has 2 rings (SSSR count). The van der Waals surface area contributed by atoms with Crippen molar-refractivity contribution in [2.45, 2.75) is 32.5 Å². The molecular weight excluding hydrogens is 232 g/mol. The number of rotatable bonds is 2. The molecule has 0 aromatic carbocycles. The van der Waals surface area contributed by atoms with Gasteiger partial charge in [-0.25, -0.2) is 4.98 Å². The fourth-order valence-electron chi connectivity index (χ4n) is 1.76. The lowest BCUT2D eigenvalue weighted by Crippen LogP contribution is -2.46. The van der Waals surface area contributed by atoms with Crippen molar-refractivity contribution < 1.29 is 4.74 Å². The van der Waals surface area contributed by atoms with Crippen LogP contribution in [0.25, 0.3) is 0 Å². The summed E-state index contributed by atoms with van der Waals surface area (Å²) in [5.74, 6) is 0. The third-order valence-electron chi connectivity index (χ3n) is 2.63. The fourth-order valence-corrected chi connectivity index (χ4v) is 2.53. The average molecular weight is 247 g/mol. The van der Waals surface area contributed by atoms with Gasteiger partial charge in [0.2, 0.25) is 0 Å². The monoisotopic (exact) mass is 246 g/mol. The lowest BCUT2D eigenvalue weighted by molar-refractivity contribution is -0.0530. The molecular formula is C10H15ClN2OS. The minimum absolute atomic E-state index is 0.315. The molecule has 0 saturated carbocycles. The molecule has 84 valence electrons. The number of nitrogens with zero attached hydrogens (tertiary/aromatic N) is 2. The van der Waals surface area contributed by atoms with E-state index in [9.17, 15) is 0 Å². The molecule has 0 amide bonds. The van der Waals surface area contributed by atoms with E-state index in [1.807, 2.05) is 5.38 Å². The minimum Gasteiger partial charge on any atom is -0.376 e. The molecule has 0 bridgehead atoms. The normalized spacial score (nSPS) is 28.2. The summed E-state index contributed by atoms with van der Waals surface area (Å²) in [4.78, 5) is 6.65. The molecule has 15 heavy (non-hydrogen) atoms. The summed E-state index contributed by atoms with van der Waals surface area (Å²) in [6, 6.07) is 0.460. The Bertz CT molecular complexity index is 331. The number of halogens is 1. The molecule has 2 unspecified atom stereocenters. The van der Waals surface area contributed by atoms with Crippen molar-refractivity contribution in [2.24, 2.45) is 0 Å². The smallest absolute Gasteiger partial charge is 0.183 e. The predicted molar refractivity (Wildman–Crippen MR) is 62.4 cm³/mol. The molecule has 1 aromatic heterocycles. The summed E-state index contributed by atoms with van der Waals surface area (Å²) >= 11 is 7.30. The zero-order chi connectivity index (χ0) is 10.8. The maximum atomic E-state index is 5.81. The van der Waals surface area contributed by atoms with Crippen LogP contribution in [0.15, 0.2) is 5.38 Å². The number of hydrogen-bond donors (Lipinski definition) is 0. The van der Waals surface area contributed by atoms with Crippen molar-refractivity contribution in [1.82, 2.24) is 9.88 Å². The van der Waals surface area contributed by atoms with E-state index >= 15 is 0 Å². The van der Waals surface area contributed by atoms with Gasteiger partial charge in [0.1, 0.15) is 0 Å². The Hall–Kier alpha value is -0.160. The summed E-state index contributed by atoms with van der Waals surface area (Å²) in [7, 11) is 0. The van der Waals surface area contributed by atoms with Crippen molar-refractivity contribution in [3.05, 3.63) is 15.5 Å². The minimum atomic E-state index is 0.315. The predicted octanol–water partition coefficient (Wildman–Crippen LogP) is 2.41. The van der Waals surface area contributed by atoms with Crippen LogP contribution in [-0.4, -0.2) is 35.2 Å². The molecule has 2 atom stereocenters. The first-order chi connectivity index (χ1) is 7.15. The van der Waals surface area contributed by atoms with E-state index in [4.69, 9.17) is 16.3 Å². The van der Waals surface area contributed by atoms with E-state index in [0.29, 0.717) is 16.6 Å². The Morgan fingerprint density at radius 2 is 2.47 bits per heavy atom. The molecule has 3 nitrogen and oxygen atoms in total. The van der Waals surface area contributed by atoms with Gasteiger partial charge in [-0.2, -0.15) is 0 Å². The van der Waals surface area contributed by atoms with Gasteiger partial charge in [0.05, 0.1) is 18.4 Å². The van der Waals surface area contributed by atoms with E-state index in [0.717, 1.165) is 25.4 Å².